The number of carbonyl (C=O) groups excluding carboxylic acids is 2. The molecule has 7 nitrogen and oxygen atoms in total. The maximum absolute atomic E-state index is 13.8. The molecule has 2 unspecified atom stereocenters. The molecule has 0 aromatic heterocycles. The first kappa shape index (κ1) is 24.9. The van der Waals surface area contributed by atoms with Crippen LogP contribution in [0.5, 0.6) is 0 Å². The smallest absolute Gasteiger partial charge is 0.274 e. The van der Waals surface area contributed by atoms with Gasteiger partial charge in [-0.25, -0.2) is 4.39 Å². The summed E-state index contributed by atoms with van der Waals surface area (Å²) in [6.45, 7) is 0.232. The fraction of sp³-hybridized carbons (Fsp3) is 0.214. The molecule has 3 aromatic carbocycles. The Hall–Kier alpha value is -4.17. The number of aliphatic hydroxyl groups excluding tert-OH is 2. The fourth-order valence-corrected chi connectivity index (χ4v) is 4.66. The first-order valence-electron chi connectivity index (χ1n) is 11.5. The number of nitrogens with zero attached hydrogens (tertiary/aromatic N) is 2. The van der Waals surface area contributed by atoms with Crippen LogP contribution in [0.2, 0.25) is 0 Å². The Bertz CT molecular complexity index is 1260. The third kappa shape index (κ3) is 4.43. The summed E-state index contributed by atoms with van der Waals surface area (Å²) in [6.07, 6.45) is -1.76. The van der Waals surface area contributed by atoms with Gasteiger partial charge in [0.05, 0.1) is 0 Å². The summed E-state index contributed by atoms with van der Waals surface area (Å²) in [7, 11) is 2.99. The second-order valence-electron chi connectivity index (χ2n) is 8.76. The standard InChI is InChI=1S/C28H28FN3O4/c1-30-27(36)28(17-19-9-5-3-6-10-19)25(34)24(33)23(32(28)22-15-13-21(29)14-16-22)26(35)31(2)18-20-11-7-4-8-12-20/h3-16,25,33-34H,17-18H2,1-2H3,(H,30,36). The second-order valence-corrected chi connectivity index (χ2v) is 8.76. The van der Waals surface area contributed by atoms with E-state index in [4.69, 9.17) is 0 Å². The van der Waals surface area contributed by atoms with Gasteiger partial charge in [0.1, 0.15) is 17.6 Å². The summed E-state index contributed by atoms with van der Waals surface area (Å²) in [6, 6.07) is 23.5. The maximum atomic E-state index is 13.8. The summed E-state index contributed by atoms with van der Waals surface area (Å²) in [5.74, 6) is -2.33. The second kappa shape index (κ2) is 10.2. The van der Waals surface area contributed by atoms with Crippen molar-refractivity contribution in [3.8, 4) is 0 Å². The van der Waals surface area contributed by atoms with Crippen molar-refractivity contribution >= 4 is 17.5 Å². The van der Waals surface area contributed by atoms with Gasteiger partial charge in [0.15, 0.2) is 11.3 Å². The molecule has 36 heavy (non-hydrogen) atoms. The van der Waals surface area contributed by atoms with Crippen molar-refractivity contribution < 1.29 is 24.2 Å². The van der Waals surface area contributed by atoms with Crippen molar-refractivity contribution in [1.29, 1.82) is 0 Å². The van der Waals surface area contributed by atoms with E-state index < -0.39 is 35.0 Å². The predicted molar refractivity (Wildman–Crippen MR) is 134 cm³/mol. The van der Waals surface area contributed by atoms with Crippen LogP contribution in [0.15, 0.2) is 96.4 Å². The Morgan fingerprint density at radius 2 is 1.53 bits per heavy atom. The van der Waals surface area contributed by atoms with Gasteiger partial charge in [-0.15, -0.1) is 0 Å². The van der Waals surface area contributed by atoms with Gasteiger partial charge < -0.3 is 25.3 Å². The molecule has 186 valence electrons. The Morgan fingerprint density at radius 3 is 2.08 bits per heavy atom. The molecule has 1 aliphatic rings. The van der Waals surface area contributed by atoms with Crippen LogP contribution in [-0.4, -0.2) is 52.7 Å². The maximum Gasteiger partial charge on any atom is 0.274 e. The predicted octanol–water partition coefficient (Wildman–Crippen LogP) is 3.16. The highest BCUT2D eigenvalue weighted by atomic mass is 19.1. The minimum Gasteiger partial charge on any atom is -0.507 e. The molecule has 0 aliphatic carbocycles. The molecule has 0 spiro atoms. The average Bonchev–Trinajstić information content (AvgIpc) is 3.12. The van der Waals surface area contributed by atoms with E-state index in [2.05, 4.69) is 5.32 Å². The Morgan fingerprint density at radius 1 is 0.972 bits per heavy atom. The zero-order chi connectivity index (χ0) is 25.9. The SMILES string of the molecule is CNC(=O)C1(Cc2ccccc2)C(O)C(O)=C(C(=O)N(C)Cc2ccccc2)N1c1ccc(F)cc1. The lowest BCUT2D eigenvalue weighted by atomic mass is 9.84. The first-order valence-corrected chi connectivity index (χ1v) is 11.5. The molecule has 0 saturated heterocycles. The minimum atomic E-state index is -1.81. The van der Waals surface area contributed by atoms with Crippen LogP contribution in [0, 0.1) is 5.82 Å². The molecular weight excluding hydrogens is 461 g/mol. The van der Waals surface area contributed by atoms with Gasteiger partial charge in [0.25, 0.3) is 5.91 Å². The molecule has 2 amide bonds. The molecule has 0 bridgehead atoms. The van der Waals surface area contributed by atoms with Gasteiger partial charge in [-0.3, -0.25) is 9.59 Å². The lowest BCUT2D eigenvalue weighted by Crippen LogP contribution is -2.63. The van der Waals surface area contributed by atoms with Crippen LogP contribution >= 0.6 is 0 Å². The number of halogens is 1. The summed E-state index contributed by atoms with van der Waals surface area (Å²) in [4.78, 5) is 30.0. The molecule has 0 radical (unpaired) electrons. The molecule has 2 atom stereocenters. The number of likely N-dealkylation sites (N-methyl/N-ethyl adjacent to an activating group) is 2. The van der Waals surface area contributed by atoms with E-state index in [-0.39, 0.29) is 24.4 Å². The monoisotopic (exact) mass is 489 g/mol. The largest absolute Gasteiger partial charge is 0.507 e. The minimum absolute atomic E-state index is 0.0324. The Kier molecular flexibility index (Phi) is 7.07. The Labute approximate surface area is 209 Å². The van der Waals surface area contributed by atoms with E-state index in [0.29, 0.717) is 5.56 Å². The molecule has 8 heteroatoms. The normalized spacial score (nSPS) is 19.3. The summed E-state index contributed by atoms with van der Waals surface area (Å²) >= 11 is 0. The van der Waals surface area contributed by atoms with Gasteiger partial charge in [0, 0.05) is 32.7 Å². The van der Waals surface area contributed by atoms with Crippen LogP contribution in [0.25, 0.3) is 0 Å². The molecule has 4 rings (SSSR count). The quantitative estimate of drug-likeness (QED) is 0.474. The number of benzene rings is 3. The number of hydrogen-bond donors (Lipinski definition) is 3. The molecule has 0 saturated carbocycles. The van der Waals surface area contributed by atoms with E-state index >= 15 is 0 Å². The molecule has 3 N–H and O–H groups in total. The average molecular weight is 490 g/mol. The van der Waals surface area contributed by atoms with Crippen LogP contribution < -0.4 is 10.2 Å². The lowest BCUT2D eigenvalue weighted by Gasteiger charge is -2.41. The van der Waals surface area contributed by atoms with Crippen LogP contribution in [0.3, 0.4) is 0 Å². The number of amides is 2. The summed E-state index contributed by atoms with van der Waals surface area (Å²) < 4.78 is 13.8. The highest BCUT2D eigenvalue weighted by molar-refractivity contribution is 6.05. The number of anilines is 1. The number of hydrogen-bond acceptors (Lipinski definition) is 5. The van der Waals surface area contributed by atoms with Crippen molar-refractivity contribution in [2.45, 2.75) is 24.6 Å². The molecule has 1 heterocycles. The van der Waals surface area contributed by atoms with Crippen molar-refractivity contribution in [2.75, 3.05) is 19.0 Å². The number of aliphatic hydroxyl groups is 2. The van der Waals surface area contributed by atoms with E-state index in [0.717, 1.165) is 5.56 Å². The molecule has 3 aromatic rings. The number of carbonyl (C=O) groups is 2. The van der Waals surface area contributed by atoms with Crippen molar-refractivity contribution in [3.05, 3.63) is 113 Å². The Balaban J connectivity index is 1.85. The summed E-state index contributed by atoms with van der Waals surface area (Å²) in [5, 5.41) is 25.1. The summed E-state index contributed by atoms with van der Waals surface area (Å²) in [5.41, 5.74) is -0.215. The van der Waals surface area contributed by atoms with Gasteiger partial charge in [-0.05, 0) is 35.4 Å². The highest BCUT2D eigenvalue weighted by Gasteiger charge is 2.60. The molecule has 1 aliphatic heterocycles. The van der Waals surface area contributed by atoms with E-state index in [9.17, 15) is 24.2 Å². The first-order chi connectivity index (χ1) is 17.3. The van der Waals surface area contributed by atoms with E-state index in [1.807, 2.05) is 36.4 Å². The van der Waals surface area contributed by atoms with E-state index in [1.165, 1.54) is 41.1 Å². The molecular formula is C28H28FN3O4. The zero-order valence-electron chi connectivity index (χ0n) is 20.1. The van der Waals surface area contributed by atoms with Gasteiger partial charge in [-0.2, -0.15) is 0 Å². The zero-order valence-corrected chi connectivity index (χ0v) is 20.1. The number of nitrogens with one attached hydrogen (secondary N) is 1. The third-order valence-electron chi connectivity index (χ3n) is 6.41. The topological polar surface area (TPSA) is 93.1 Å². The van der Waals surface area contributed by atoms with Crippen LogP contribution in [0.4, 0.5) is 10.1 Å². The van der Waals surface area contributed by atoms with E-state index in [1.54, 1.807) is 31.3 Å². The van der Waals surface area contributed by atoms with Crippen molar-refractivity contribution in [1.82, 2.24) is 10.2 Å². The van der Waals surface area contributed by atoms with Gasteiger partial charge in [-0.1, -0.05) is 60.7 Å². The fourth-order valence-electron chi connectivity index (χ4n) is 4.66. The van der Waals surface area contributed by atoms with Crippen LogP contribution in [-0.2, 0) is 22.6 Å². The van der Waals surface area contributed by atoms with Crippen molar-refractivity contribution in [2.24, 2.45) is 0 Å². The lowest BCUT2D eigenvalue weighted by molar-refractivity contribution is -0.129. The van der Waals surface area contributed by atoms with Crippen molar-refractivity contribution in [3.63, 3.8) is 0 Å². The third-order valence-corrected chi connectivity index (χ3v) is 6.41. The number of rotatable bonds is 7. The highest BCUT2D eigenvalue weighted by Crippen LogP contribution is 2.43. The van der Waals surface area contributed by atoms with Gasteiger partial charge in [0.2, 0.25) is 5.91 Å². The van der Waals surface area contributed by atoms with Crippen LogP contribution in [0.1, 0.15) is 11.1 Å². The van der Waals surface area contributed by atoms with Gasteiger partial charge >= 0.3 is 0 Å². The molecule has 0 fully saturated rings.